The number of hydrogen-bond donors (Lipinski definition) is 1. The maximum atomic E-state index is 12.9. The number of aromatic nitrogens is 4. The van der Waals surface area contributed by atoms with Crippen LogP contribution in [0.15, 0.2) is 77.9 Å². The number of para-hydroxylation sites is 3. The van der Waals surface area contributed by atoms with Gasteiger partial charge in [-0.2, -0.15) is 0 Å². The third kappa shape index (κ3) is 3.51. The summed E-state index contributed by atoms with van der Waals surface area (Å²) in [7, 11) is 0. The van der Waals surface area contributed by atoms with Crippen molar-refractivity contribution in [1.29, 1.82) is 0 Å². The van der Waals surface area contributed by atoms with E-state index < -0.39 is 5.91 Å². The van der Waals surface area contributed by atoms with E-state index in [0.717, 1.165) is 10.2 Å². The molecular weight excluding hydrogens is 449 g/mol. The summed E-state index contributed by atoms with van der Waals surface area (Å²) in [6, 6.07) is 19.6. The Balaban J connectivity index is 1.54. The average molecular weight is 464 g/mol. The van der Waals surface area contributed by atoms with E-state index in [-0.39, 0.29) is 12.1 Å². The van der Waals surface area contributed by atoms with E-state index in [2.05, 4.69) is 15.4 Å². The Labute approximate surface area is 191 Å². The number of rotatable bonds is 4. The van der Waals surface area contributed by atoms with Crippen molar-refractivity contribution in [2.45, 2.75) is 6.54 Å². The second-order valence-corrected chi connectivity index (χ2v) is 7.87. The van der Waals surface area contributed by atoms with Gasteiger partial charge in [-0.25, -0.2) is 14.6 Å². The molecule has 0 saturated carbocycles. The highest BCUT2D eigenvalue weighted by atomic mass is 35.5. The Kier molecular flexibility index (Phi) is 5.13. The summed E-state index contributed by atoms with van der Waals surface area (Å²) in [6.07, 6.45) is 1.29. The molecule has 0 aliphatic heterocycles. The molecule has 9 heteroatoms. The van der Waals surface area contributed by atoms with Crippen LogP contribution in [0.1, 0.15) is 0 Å². The van der Waals surface area contributed by atoms with Gasteiger partial charge in [0.05, 0.1) is 32.0 Å². The predicted octanol–water partition coefficient (Wildman–Crippen LogP) is 4.49. The van der Waals surface area contributed by atoms with Crippen molar-refractivity contribution in [1.82, 2.24) is 19.2 Å². The lowest BCUT2D eigenvalue weighted by Gasteiger charge is -2.12. The van der Waals surface area contributed by atoms with E-state index in [1.165, 1.54) is 6.33 Å². The summed E-state index contributed by atoms with van der Waals surface area (Å²) in [5.41, 5.74) is 4.86. The lowest BCUT2D eigenvalue weighted by Crippen LogP contribution is -2.35. The number of carbonyl (C=O) groups excluding carboxylic acids is 1. The van der Waals surface area contributed by atoms with Gasteiger partial charge in [-0.15, -0.1) is 0 Å². The standard InChI is InChI=1S/C23H15Cl2N5O2/c24-16-8-5-7-15(21(16)25)22-27-18-10-3-4-11-19(18)29(22)12-20(31)28-30-13-26-17-9-2-1-6-14(17)23(30)32/h1-11,13H,12H2,(H,28,31). The molecule has 158 valence electrons. The first-order valence-electron chi connectivity index (χ1n) is 9.69. The van der Waals surface area contributed by atoms with Crippen molar-refractivity contribution in [3.8, 4) is 11.4 Å². The van der Waals surface area contributed by atoms with Gasteiger partial charge >= 0.3 is 0 Å². The summed E-state index contributed by atoms with van der Waals surface area (Å²) in [4.78, 5) is 34.5. The smallest absolute Gasteiger partial charge is 0.280 e. The fourth-order valence-corrected chi connectivity index (χ4v) is 3.96. The van der Waals surface area contributed by atoms with E-state index in [4.69, 9.17) is 23.2 Å². The van der Waals surface area contributed by atoms with Gasteiger partial charge in [-0.3, -0.25) is 15.0 Å². The fraction of sp³-hybridized carbons (Fsp3) is 0.0435. The summed E-state index contributed by atoms with van der Waals surface area (Å²) in [5, 5.41) is 1.15. The SMILES string of the molecule is O=C(Cn1c(-c2cccc(Cl)c2Cl)nc2ccccc21)Nn1cnc2ccccc2c1=O. The predicted molar refractivity (Wildman–Crippen MR) is 126 cm³/mol. The van der Waals surface area contributed by atoms with Crippen LogP contribution in [-0.4, -0.2) is 25.1 Å². The molecular formula is C23H15Cl2N5O2. The number of fused-ring (bicyclic) bond motifs is 2. The zero-order chi connectivity index (χ0) is 22.2. The molecule has 0 aliphatic carbocycles. The van der Waals surface area contributed by atoms with Gasteiger partial charge in [-0.05, 0) is 36.4 Å². The Bertz CT molecular complexity index is 1560. The molecule has 0 aliphatic rings. The van der Waals surface area contributed by atoms with E-state index in [9.17, 15) is 9.59 Å². The fourth-order valence-electron chi connectivity index (χ4n) is 3.58. The molecule has 0 atom stereocenters. The van der Waals surface area contributed by atoms with Crippen LogP contribution >= 0.6 is 23.2 Å². The van der Waals surface area contributed by atoms with Crippen LogP contribution in [0.25, 0.3) is 33.3 Å². The van der Waals surface area contributed by atoms with Crippen molar-refractivity contribution in [2.24, 2.45) is 0 Å². The molecule has 0 saturated heterocycles. The summed E-state index contributed by atoms with van der Waals surface area (Å²) in [6.45, 7) is -0.0993. The highest BCUT2D eigenvalue weighted by Gasteiger charge is 2.18. The molecule has 0 bridgehead atoms. The highest BCUT2D eigenvalue weighted by molar-refractivity contribution is 6.43. The molecule has 1 amide bonds. The van der Waals surface area contributed by atoms with Gasteiger partial charge in [0.2, 0.25) is 0 Å². The molecule has 2 heterocycles. The first kappa shape index (κ1) is 20.2. The molecule has 0 radical (unpaired) electrons. The lowest BCUT2D eigenvalue weighted by molar-refractivity contribution is -0.117. The number of nitrogens with one attached hydrogen (secondary N) is 1. The molecule has 0 fully saturated rings. The van der Waals surface area contributed by atoms with Crippen LogP contribution in [0.5, 0.6) is 0 Å². The Morgan fingerprint density at radius 2 is 1.69 bits per heavy atom. The molecule has 3 aromatic carbocycles. The van der Waals surface area contributed by atoms with E-state index in [0.29, 0.717) is 37.9 Å². The third-order valence-corrected chi connectivity index (χ3v) is 5.88. The van der Waals surface area contributed by atoms with Crippen LogP contribution < -0.4 is 11.0 Å². The largest absolute Gasteiger partial charge is 0.314 e. The van der Waals surface area contributed by atoms with Crippen molar-refractivity contribution in [2.75, 3.05) is 5.43 Å². The van der Waals surface area contributed by atoms with Gasteiger partial charge in [0.25, 0.3) is 11.5 Å². The first-order valence-corrected chi connectivity index (χ1v) is 10.4. The first-order chi connectivity index (χ1) is 15.5. The molecule has 7 nitrogen and oxygen atoms in total. The van der Waals surface area contributed by atoms with E-state index in [1.807, 2.05) is 24.3 Å². The minimum Gasteiger partial charge on any atom is -0.314 e. The summed E-state index contributed by atoms with van der Waals surface area (Å²) >= 11 is 12.6. The minimum absolute atomic E-state index is 0.0993. The van der Waals surface area contributed by atoms with Crippen LogP contribution in [0.2, 0.25) is 10.0 Å². The monoisotopic (exact) mass is 463 g/mol. The van der Waals surface area contributed by atoms with Crippen molar-refractivity contribution in [3.63, 3.8) is 0 Å². The zero-order valence-corrected chi connectivity index (χ0v) is 18.0. The van der Waals surface area contributed by atoms with E-state index in [1.54, 1.807) is 47.0 Å². The Hall–Kier alpha value is -3.68. The maximum absolute atomic E-state index is 12.9. The number of nitrogens with zero attached hydrogens (tertiary/aromatic N) is 4. The average Bonchev–Trinajstić information content (AvgIpc) is 3.16. The van der Waals surface area contributed by atoms with Gasteiger partial charge in [0.1, 0.15) is 18.7 Å². The van der Waals surface area contributed by atoms with Gasteiger partial charge in [0, 0.05) is 5.56 Å². The van der Waals surface area contributed by atoms with Crippen molar-refractivity contribution in [3.05, 3.63) is 93.5 Å². The molecule has 5 aromatic rings. The second kappa shape index (κ2) is 8.11. The number of carbonyl (C=O) groups is 1. The van der Waals surface area contributed by atoms with Gasteiger partial charge < -0.3 is 4.57 Å². The number of halogens is 2. The van der Waals surface area contributed by atoms with Crippen LogP contribution in [-0.2, 0) is 11.3 Å². The Morgan fingerprint density at radius 1 is 0.938 bits per heavy atom. The molecule has 5 rings (SSSR count). The number of amides is 1. The quantitative estimate of drug-likeness (QED) is 0.425. The molecule has 2 aromatic heterocycles. The normalized spacial score (nSPS) is 11.2. The highest BCUT2D eigenvalue weighted by Crippen LogP contribution is 2.34. The van der Waals surface area contributed by atoms with E-state index >= 15 is 0 Å². The Morgan fingerprint density at radius 3 is 2.53 bits per heavy atom. The minimum atomic E-state index is -0.424. The lowest BCUT2D eigenvalue weighted by atomic mass is 10.2. The van der Waals surface area contributed by atoms with Crippen molar-refractivity contribution < 1.29 is 4.79 Å². The van der Waals surface area contributed by atoms with Crippen LogP contribution in [0.3, 0.4) is 0 Å². The number of hydrogen-bond acceptors (Lipinski definition) is 4. The number of imidazole rings is 1. The number of benzene rings is 3. The molecule has 1 N–H and O–H groups in total. The topological polar surface area (TPSA) is 81.8 Å². The maximum Gasteiger partial charge on any atom is 0.280 e. The van der Waals surface area contributed by atoms with Crippen LogP contribution in [0, 0.1) is 0 Å². The summed E-state index contributed by atoms with van der Waals surface area (Å²) in [5.74, 6) is 0.0737. The van der Waals surface area contributed by atoms with Gasteiger partial charge in [0.15, 0.2) is 0 Å². The molecule has 32 heavy (non-hydrogen) atoms. The zero-order valence-electron chi connectivity index (χ0n) is 16.5. The molecule has 0 spiro atoms. The third-order valence-electron chi connectivity index (χ3n) is 5.06. The molecule has 0 unspecified atom stereocenters. The van der Waals surface area contributed by atoms with Gasteiger partial charge in [-0.1, -0.05) is 53.5 Å². The second-order valence-electron chi connectivity index (χ2n) is 7.08. The van der Waals surface area contributed by atoms with Crippen molar-refractivity contribution >= 4 is 51.0 Å². The van der Waals surface area contributed by atoms with Crippen LogP contribution in [0.4, 0.5) is 0 Å². The summed E-state index contributed by atoms with van der Waals surface area (Å²) < 4.78 is 2.82.